The van der Waals surface area contributed by atoms with E-state index in [2.05, 4.69) is 5.32 Å². The van der Waals surface area contributed by atoms with E-state index >= 15 is 0 Å². The van der Waals surface area contributed by atoms with Gasteiger partial charge in [0, 0.05) is 19.6 Å². The molecule has 1 fully saturated rings. The van der Waals surface area contributed by atoms with E-state index in [9.17, 15) is 13.2 Å². The highest BCUT2D eigenvalue weighted by molar-refractivity contribution is 7.89. The van der Waals surface area contributed by atoms with Crippen LogP contribution in [-0.4, -0.2) is 45.4 Å². The lowest BCUT2D eigenvalue weighted by atomic mass is 10.1. The number of aryl methyl sites for hydroxylation is 1. The van der Waals surface area contributed by atoms with Crippen molar-refractivity contribution < 1.29 is 17.9 Å². The molecule has 0 spiro atoms. The highest BCUT2D eigenvalue weighted by Gasteiger charge is 2.31. The van der Waals surface area contributed by atoms with Crippen molar-refractivity contribution in [3.05, 3.63) is 45.6 Å². The van der Waals surface area contributed by atoms with Gasteiger partial charge in [0.1, 0.15) is 15.5 Å². The molecular formula is C19H24N2O4S2. The topological polar surface area (TPSA) is 75.7 Å². The fraction of sp³-hybridized carbons (Fsp3) is 0.421. The highest BCUT2D eigenvalue weighted by Crippen LogP contribution is 2.27. The number of nitrogens with zero attached hydrogens (tertiary/aromatic N) is 1. The van der Waals surface area contributed by atoms with Crippen molar-refractivity contribution in [1.82, 2.24) is 9.62 Å². The Balaban J connectivity index is 1.68. The van der Waals surface area contributed by atoms with Gasteiger partial charge in [-0.1, -0.05) is 17.7 Å². The van der Waals surface area contributed by atoms with E-state index < -0.39 is 10.0 Å². The molecule has 2 aromatic rings. The van der Waals surface area contributed by atoms with Crippen LogP contribution in [0, 0.1) is 6.92 Å². The summed E-state index contributed by atoms with van der Waals surface area (Å²) in [6, 6.07) is 7.44. The summed E-state index contributed by atoms with van der Waals surface area (Å²) in [5.74, 6) is 0.428. The lowest BCUT2D eigenvalue weighted by Gasteiger charge is -2.15. The molecule has 1 saturated heterocycles. The van der Waals surface area contributed by atoms with Crippen LogP contribution in [0.2, 0.25) is 0 Å². The number of benzene rings is 1. The molecule has 1 aliphatic heterocycles. The maximum atomic E-state index is 12.8. The van der Waals surface area contributed by atoms with Crippen LogP contribution in [0.1, 0.15) is 33.6 Å². The Morgan fingerprint density at radius 1 is 1.26 bits per heavy atom. The standard InChI is InChI=1S/C19H24N2O4S2/c1-14-5-6-16(25-2)15(13-14)7-9-20-19(22)18-17(8-12-26-18)27(23,24)21-10-3-4-11-21/h5-6,8,12-13H,3-4,7,9-11H2,1-2H3,(H,20,22). The molecule has 0 radical (unpaired) electrons. The molecule has 8 heteroatoms. The molecule has 1 aliphatic rings. The third-order valence-corrected chi connectivity index (χ3v) is 7.62. The van der Waals surface area contributed by atoms with Gasteiger partial charge in [-0.15, -0.1) is 11.3 Å². The van der Waals surface area contributed by atoms with Crippen LogP contribution in [0.25, 0.3) is 0 Å². The van der Waals surface area contributed by atoms with Crippen LogP contribution in [0.5, 0.6) is 5.75 Å². The Hall–Kier alpha value is -1.90. The fourth-order valence-electron chi connectivity index (χ4n) is 3.23. The zero-order chi connectivity index (χ0) is 19.4. The molecular weight excluding hydrogens is 384 g/mol. The zero-order valence-electron chi connectivity index (χ0n) is 15.5. The van der Waals surface area contributed by atoms with Crippen LogP contribution in [0.3, 0.4) is 0 Å². The summed E-state index contributed by atoms with van der Waals surface area (Å²) in [6.07, 6.45) is 2.34. The minimum Gasteiger partial charge on any atom is -0.496 e. The smallest absolute Gasteiger partial charge is 0.262 e. The van der Waals surface area contributed by atoms with Crippen molar-refractivity contribution in [1.29, 1.82) is 0 Å². The lowest BCUT2D eigenvalue weighted by molar-refractivity contribution is 0.0955. The molecule has 27 heavy (non-hydrogen) atoms. The van der Waals surface area contributed by atoms with Gasteiger partial charge in [0.15, 0.2) is 0 Å². The van der Waals surface area contributed by atoms with Crippen molar-refractivity contribution in [2.24, 2.45) is 0 Å². The zero-order valence-corrected chi connectivity index (χ0v) is 17.2. The first-order valence-electron chi connectivity index (χ1n) is 8.93. The number of carbonyl (C=O) groups excluding carboxylic acids is 1. The first kappa shape index (κ1) is 19.9. The van der Waals surface area contributed by atoms with Gasteiger partial charge >= 0.3 is 0 Å². The number of ether oxygens (including phenoxy) is 1. The summed E-state index contributed by atoms with van der Waals surface area (Å²) < 4.78 is 32.4. The molecule has 6 nitrogen and oxygen atoms in total. The first-order valence-corrected chi connectivity index (χ1v) is 11.2. The van der Waals surface area contributed by atoms with E-state index in [1.54, 1.807) is 12.5 Å². The Morgan fingerprint density at radius 2 is 2.00 bits per heavy atom. The Labute approximate surface area is 164 Å². The SMILES string of the molecule is COc1ccc(C)cc1CCNC(=O)c1sccc1S(=O)(=O)N1CCCC1. The summed E-state index contributed by atoms with van der Waals surface area (Å²) in [5, 5.41) is 4.49. The van der Waals surface area contributed by atoms with E-state index in [4.69, 9.17) is 4.74 Å². The normalized spacial score (nSPS) is 15.0. The van der Waals surface area contributed by atoms with Crippen LogP contribution >= 0.6 is 11.3 Å². The minimum atomic E-state index is -3.60. The third-order valence-electron chi connectivity index (χ3n) is 4.63. The van der Waals surface area contributed by atoms with Gasteiger partial charge in [-0.2, -0.15) is 4.31 Å². The average molecular weight is 409 g/mol. The number of carbonyl (C=O) groups is 1. The maximum Gasteiger partial charge on any atom is 0.262 e. The van der Waals surface area contributed by atoms with E-state index in [0.29, 0.717) is 26.1 Å². The molecule has 1 aromatic carbocycles. The Morgan fingerprint density at radius 3 is 2.70 bits per heavy atom. The van der Waals surface area contributed by atoms with Crippen molar-refractivity contribution in [2.75, 3.05) is 26.7 Å². The fourth-order valence-corrected chi connectivity index (χ4v) is 6.06. The second kappa shape index (κ2) is 8.41. The number of nitrogens with one attached hydrogen (secondary N) is 1. The van der Waals surface area contributed by atoms with Gasteiger partial charge in [-0.3, -0.25) is 4.79 Å². The number of rotatable bonds is 7. The summed E-state index contributed by atoms with van der Waals surface area (Å²) in [4.78, 5) is 12.9. The number of hydrogen-bond acceptors (Lipinski definition) is 5. The second-order valence-electron chi connectivity index (χ2n) is 6.55. The average Bonchev–Trinajstić information content (AvgIpc) is 3.34. The van der Waals surface area contributed by atoms with Crippen molar-refractivity contribution >= 4 is 27.3 Å². The summed E-state index contributed by atoms with van der Waals surface area (Å²) in [6.45, 7) is 3.45. The van der Waals surface area contributed by atoms with Gasteiger partial charge < -0.3 is 10.1 Å². The van der Waals surface area contributed by atoms with E-state index in [0.717, 1.165) is 41.1 Å². The maximum absolute atomic E-state index is 12.8. The monoisotopic (exact) mass is 408 g/mol. The molecule has 3 rings (SSSR count). The van der Waals surface area contributed by atoms with E-state index in [-0.39, 0.29) is 15.7 Å². The van der Waals surface area contributed by atoms with Gasteiger partial charge in [-0.05, 0) is 49.3 Å². The largest absolute Gasteiger partial charge is 0.496 e. The molecule has 1 aromatic heterocycles. The van der Waals surface area contributed by atoms with Gasteiger partial charge in [0.2, 0.25) is 10.0 Å². The van der Waals surface area contributed by atoms with Crippen LogP contribution in [0.4, 0.5) is 0 Å². The number of thiophene rings is 1. The molecule has 1 N–H and O–H groups in total. The summed E-state index contributed by atoms with van der Waals surface area (Å²) in [5.41, 5.74) is 2.13. The van der Waals surface area contributed by atoms with Crippen molar-refractivity contribution in [2.45, 2.75) is 31.1 Å². The van der Waals surface area contributed by atoms with Crippen molar-refractivity contribution in [3.63, 3.8) is 0 Å². The van der Waals surface area contributed by atoms with Gasteiger partial charge in [0.25, 0.3) is 5.91 Å². The lowest BCUT2D eigenvalue weighted by Crippen LogP contribution is -2.31. The third kappa shape index (κ3) is 4.34. The van der Waals surface area contributed by atoms with Crippen LogP contribution in [0.15, 0.2) is 34.5 Å². The van der Waals surface area contributed by atoms with E-state index in [1.807, 2.05) is 25.1 Å². The molecule has 0 saturated carbocycles. The molecule has 1 amide bonds. The molecule has 2 heterocycles. The number of sulfonamides is 1. The second-order valence-corrected chi connectivity index (χ2v) is 9.37. The minimum absolute atomic E-state index is 0.111. The molecule has 0 atom stereocenters. The molecule has 0 aliphatic carbocycles. The van der Waals surface area contributed by atoms with Crippen LogP contribution < -0.4 is 10.1 Å². The Kier molecular flexibility index (Phi) is 6.18. The van der Waals surface area contributed by atoms with E-state index in [1.165, 1.54) is 10.4 Å². The van der Waals surface area contributed by atoms with Gasteiger partial charge in [-0.25, -0.2) is 8.42 Å². The quantitative estimate of drug-likeness (QED) is 0.764. The predicted molar refractivity (Wildman–Crippen MR) is 106 cm³/mol. The van der Waals surface area contributed by atoms with Crippen LogP contribution in [-0.2, 0) is 16.4 Å². The summed E-state index contributed by atoms with van der Waals surface area (Å²) >= 11 is 1.16. The number of hydrogen-bond donors (Lipinski definition) is 1. The summed E-state index contributed by atoms with van der Waals surface area (Å²) in [7, 11) is -1.98. The number of amides is 1. The molecule has 0 unspecified atom stereocenters. The number of methoxy groups -OCH3 is 1. The molecule has 146 valence electrons. The Bertz CT molecular complexity index is 916. The molecule has 0 bridgehead atoms. The van der Waals surface area contributed by atoms with Crippen molar-refractivity contribution in [3.8, 4) is 5.75 Å². The van der Waals surface area contributed by atoms with Gasteiger partial charge in [0.05, 0.1) is 7.11 Å². The first-order chi connectivity index (χ1) is 12.9. The predicted octanol–water partition coefficient (Wildman–Crippen LogP) is 2.82. The highest BCUT2D eigenvalue weighted by atomic mass is 32.2.